The first-order valence-corrected chi connectivity index (χ1v) is 8.37. The maximum absolute atomic E-state index is 11.8. The van der Waals surface area contributed by atoms with Crippen molar-refractivity contribution in [3.63, 3.8) is 0 Å². The third-order valence-electron chi connectivity index (χ3n) is 3.29. The van der Waals surface area contributed by atoms with Crippen LogP contribution in [0.5, 0.6) is 0 Å². The Bertz CT molecular complexity index is 296. The number of nitrogens with one attached hydrogen (secondary N) is 1. The second-order valence-corrected chi connectivity index (χ2v) is 7.55. The Hall–Kier alpha value is -0.130. The molecule has 0 unspecified atom stereocenters. The predicted molar refractivity (Wildman–Crippen MR) is 72.0 cm³/mol. The molecule has 0 saturated heterocycles. The molecule has 1 saturated carbocycles. The Kier molecular flexibility index (Phi) is 6.44. The number of sulfone groups is 1. The SMILES string of the molecule is CN(C)CCNCCS(=O)(=O)CC1CCCC1. The molecule has 0 aromatic rings. The van der Waals surface area contributed by atoms with Crippen molar-refractivity contribution in [1.82, 2.24) is 10.2 Å². The van der Waals surface area contributed by atoms with E-state index >= 15 is 0 Å². The van der Waals surface area contributed by atoms with Crippen molar-refractivity contribution >= 4 is 9.84 Å². The summed E-state index contributed by atoms with van der Waals surface area (Å²) in [5.41, 5.74) is 0. The van der Waals surface area contributed by atoms with Crippen LogP contribution < -0.4 is 5.32 Å². The maximum atomic E-state index is 11.8. The van der Waals surface area contributed by atoms with Crippen molar-refractivity contribution in [2.45, 2.75) is 25.7 Å². The average molecular weight is 262 g/mol. The highest BCUT2D eigenvalue weighted by Crippen LogP contribution is 2.25. The van der Waals surface area contributed by atoms with Gasteiger partial charge < -0.3 is 10.2 Å². The summed E-state index contributed by atoms with van der Waals surface area (Å²) in [4.78, 5) is 2.08. The summed E-state index contributed by atoms with van der Waals surface area (Å²) in [7, 11) is 1.18. The summed E-state index contributed by atoms with van der Waals surface area (Å²) in [5.74, 6) is 1.13. The largest absolute Gasteiger partial charge is 0.314 e. The Balaban J connectivity index is 2.11. The highest BCUT2D eigenvalue weighted by molar-refractivity contribution is 7.91. The summed E-state index contributed by atoms with van der Waals surface area (Å²) in [6, 6.07) is 0. The summed E-state index contributed by atoms with van der Waals surface area (Å²) in [5, 5.41) is 3.18. The molecule has 4 nitrogen and oxygen atoms in total. The first kappa shape index (κ1) is 14.9. The van der Waals surface area contributed by atoms with Gasteiger partial charge in [-0.2, -0.15) is 0 Å². The normalized spacial score (nSPS) is 18.1. The van der Waals surface area contributed by atoms with Crippen molar-refractivity contribution < 1.29 is 8.42 Å². The smallest absolute Gasteiger partial charge is 0.151 e. The molecular weight excluding hydrogens is 236 g/mol. The van der Waals surface area contributed by atoms with Crippen LogP contribution in [0, 0.1) is 5.92 Å². The molecule has 1 aliphatic rings. The lowest BCUT2D eigenvalue weighted by atomic mass is 10.1. The highest BCUT2D eigenvalue weighted by Gasteiger charge is 2.21. The lowest BCUT2D eigenvalue weighted by Crippen LogP contribution is -2.31. The molecule has 0 bridgehead atoms. The second kappa shape index (κ2) is 7.34. The van der Waals surface area contributed by atoms with Gasteiger partial charge in [-0.15, -0.1) is 0 Å². The van der Waals surface area contributed by atoms with Crippen LogP contribution in [-0.2, 0) is 9.84 Å². The summed E-state index contributed by atoms with van der Waals surface area (Å²) < 4.78 is 23.7. The molecule has 1 fully saturated rings. The predicted octanol–water partition coefficient (Wildman–Crippen LogP) is 0.743. The number of hydrogen-bond donors (Lipinski definition) is 1. The van der Waals surface area contributed by atoms with Gasteiger partial charge in [-0.05, 0) is 32.9 Å². The van der Waals surface area contributed by atoms with E-state index in [4.69, 9.17) is 0 Å². The standard InChI is InChI=1S/C12H26N2O2S/c1-14(2)9-7-13-8-10-17(15,16)11-12-5-3-4-6-12/h12-13H,3-11H2,1-2H3. The molecule has 0 amide bonds. The minimum Gasteiger partial charge on any atom is -0.314 e. The molecule has 5 heteroatoms. The van der Waals surface area contributed by atoms with Crippen molar-refractivity contribution in [1.29, 1.82) is 0 Å². The zero-order valence-corrected chi connectivity index (χ0v) is 11.9. The van der Waals surface area contributed by atoms with Crippen LogP contribution in [0.1, 0.15) is 25.7 Å². The maximum Gasteiger partial charge on any atom is 0.151 e. The van der Waals surface area contributed by atoms with Crippen molar-refractivity contribution in [2.24, 2.45) is 5.92 Å². The van der Waals surface area contributed by atoms with Gasteiger partial charge in [0.25, 0.3) is 0 Å². The lowest BCUT2D eigenvalue weighted by Gasteiger charge is -2.12. The van der Waals surface area contributed by atoms with Gasteiger partial charge in [-0.1, -0.05) is 12.8 Å². The number of rotatable bonds is 8. The Morgan fingerprint density at radius 1 is 1.18 bits per heavy atom. The van der Waals surface area contributed by atoms with Crippen LogP contribution in [-0.4, -0.2) is 58.6 Å². The van der Waals surface area contributed by atoms with E-state index in [2.05, 4.69) is 10.2 Å². The molecule has 1 aliphatic carbocycles. The molecule has 1 N–H and O–H groups in total. The Morgan fingerprint density at radius 2 is 1.82 bits per heavy atom. The molecular formula is C12H26N2O2S. The van der Waals surface area contributed by atoms with Gasteiger partial charge >= 0.3 is 0 Å². The average Bonchev–Trinajstić information content (AvgIpc) is 2.68. The van der Waals surface area contributed by atoms with Gasteiger partial charge in [-0.25, -0.2) is 8.42 Å². The topological polar surface area (TPSA) is 49.4 Å². The van der Waals surface area contributed by atoms with Crippen LogP contribution in [0.3, 0.4) is 0 Å². The molecule has 17 heavy (non-hydrogen) atoms. The monoisotopic (exact) mass is 262 g/mol. The fraction of sp³-hybridized carbons (Fsp3) is 1.00. The van der Waals surface area contributed by atoms with Gasteiger partial charge in [-0.3, -0.25) is 0 Å². The van der Waals surface area contributed by atoms with E-state index in [-0.39, 0.29) is 5.75 Å². The molecule has 0 aromatic heterocycles. The third-order valence-corrected chi connectivity index (χ3v) is 5.10. The van der Waals surface area contributed by atoms with E-state index in [0.717, 1.165) is 25.9 Å². The van der Waals surface area contributed by atoms with E-state index in [1.165, 1.54) is 12.8 Å². The van der Waals surface area contributed by atoms with E-state index in [9.17, 15) is 8.42 Å². The van der Waals surface area contributed by atoms with Gasteiger partial charge in [0.2, 0.25) is 0 Å². The van der Waals surface area contributed by atoms with E-state index in [0.29, 0.717) is 18.2 Å². The number of likely N-dealkylation sites (N-methyl/N-ethyl adjacent to an activating group) is 1. The van der Waals surface area contributed by atoms with Crippen molar-refractivity contribution in [2.75, 3.05) is 45.2 Å². The van der Waals surface area contributed by atoms with Crippen LogP contribution in [0.4, 0.5) is 0 Å². The quantitative estimate of drug-likeness (QED) is 0.656. The zero-order valence-electron chi connectivity index (χ0n) is 11.1. The highest BCUT2D eigenvalue weighted by atomic mass is 32.2. The van der Waals surface area contributed by atoms with Crippen LogP contribution in [0.15, 0.2) is 0 Å². The van der Waals surface area contributed by atoms with Crippen LogP contribution >= 0.6 is 0 Å². The minimum atomic E-state index is -2.84. The van der Waals surface area contributed by atoms with Crippen molar-refractivity contribution in [3.05, 3.63) is 0 Å². The van der Waals surface area contributed by atoms with Crippen LogP contribution in [0.2, 0.25) is 0 Å². The van der Waals surface area contributed by atoms with Gasteiger partial charge in [0.05, 0.1) is 11.5 Å². The molecule has 0 radical (unpaired) electrons. The fourth-order valence-electron chi connectivity index (χ4n) is 2.27. The van der Waals surface area contributed by atoms with E-state index < -0.39 is 9.84 Å². The first-order valence-electron chi connectivity index (χ1n) is 6.55. The zero-order chi connectivity index (χ0) is 12.7. The van der Waals surface area contributed by atoms with Gasteiger partial charge in [0.15, 0.2) is 9.84 Å². The van der Waals surface area contributed by atoms with Gasteiger partial charge in [0.1, 0.15) is 0 Å². The molecule has 102 valence electrons. The van der Waals surface area contributed by atoms with Gasteiger partial charge in [0, 0.05) is 19.6 Å². The summed E-state index contributed by atoms with van der Waals surface area (Å²) in [6.07, 6.45) is 4.63. The molecule has 1 rings (SSSR count). The lowest BCUT2D eigenvalue weighted by molar-refractivity contribution is 0.402. The second-order valence-electron chi connectivity index (χ2n) is 5.32. The van der Waals surface area contributed by atoms with Crippen molar-refractivity contribution in [3.8, 4) is 0 Å². The summed E-state index contributed by atoms with van der Waals surface area (Å²) >= 11 is 0. The Labute approximate surface area is 106 Å². The third kappa shape index (κ3) is 7.01. The molecule has 0 spiro atoms. The first-order chi connectivity index (χ1) is 7.99. The fourth-order valence-corrected chi connectivity index (χ4v) is 3.95. The molecule has 0 heterocycles. The number of nitrogens with zero attached hydrogens (tertiary/aromatic N) is 1. The molecule has 0 atom stereocenters. The minimum absolute atomic E-state index is 0.289. The Morgan fingerprint density at radius 3 is 2.41 bits per heavy atom. The molecule has 0 aromatic carbocycles. The van der Waals surface area contributed by atoms with E-state index in [1.807, 2.05) is 14.1 Å². The van der Waals surface area contributed by atoms with E-state index in [1.54, 1.807) is 0 Å². The number of hydrogen-bond acceptors (Lipinski definition) is 4. The molecule has 0 aliphatic heterocycles. The van der Waals surface area contributed by atoms with Crippen LogP contribution in [0.25, 0.3) is 0 Å². The summed E-state index contributed by atoms with van der Waals surface area (Å²) in [6.45, 7) is 2.39.